The van der Waals surface area contributed by atoms with Gasteiger partial charge in [0.05, 0.1) is 6.04 Å². The van der Waals surface area contributed by atoms with Crippen LogP contribution in [0.15, 0.2) is 42.5 Å². The summed E-state index contributed by atoms with van der Waals surface area (Å²) >= 11 is 0. The maximum Gasteiger partial charge on any atom is 0.224 e. The van der Waals surface area contributed by atoms with Gasteiger partial charge in [-0.1, -0.05) is 24.3 Å². The van der Waals surface area contributed by atoms with Gasteiger partial charge in [-0.2, -0.15) is 0 Å². The maximum absolute atomic E-state index is 12.6. The molecule has 1 heterocycles. The lowest BCUT2D eigenvalue weighted by Gasteiger charge is -2.16. The molecule has 7 heteroatoms. The molecule has 0 atom stereocenters. The number of carbonyl (C=O) groups is 2. The van der Waals surface area contributed by atoms with Crippen LogP contribution < -0.4 is 5.32 Å². The molecule has 2 aromatic carbocycles. The predicted octanol–water partition coefficient (Wildman–Crippen LogP) is 4.16. The number of Topliss-reactive ketones (excluding diaryl/α,β-unsaturated/α-hetero) is 1. The van der Waals surface area contributed by atoms with Crippen LogP contribution in [0, 0.1) is 0 Å². The van der Waals surface area contributed by atoms with E-state index in [1.54, 1.807) is 0 Å². The van der Waals surface area contributed by atoms with Gasteiger partial charge in [-0.3, -0.25) is 9.59 Å². The predicted molar refractivity (Wildman–Crippen MR) is 117 cm³/mol. The van der Waals surface area contributed by atoms with Gasteiger partial charge >= 0.3 is 0 Å². The number of hydrogen-bond donors (Lipinski definition) is 1. The normalized spacial score (nSPS) is 15.4. The summed E-state index contributed by atoms with van der Waals surface area (Å²) in [5, 5.41) is 14.9. The third kappa shape index (κ3) is 4.40. The van der Waals surface area contributed by atoms with Crippen molar-refractivity contribution in [1.82, 2.24) is 20.2 Å². The third-order valence-corrected chi connectivity index (χ3v) is 6.04. The van der Waals surface area contributed by atoms with Gasteiger partial charge in [0, 0.05) is 29.7 Å². The summed E-state index contributed by atoms with van der Waals surface area (Å²) in [7, 11) is 0. The Kier molecular flexibility index (Phi) is 5.32. The number of nitrogens with one attached hydrogen (secondary N) is 1. The van der Waals surface area contributed by atoms with Crippen LogP contribution >= 0.6 is 0 Å². The molecular weight excluding hydrogens is 390 g/mol. The van der Waals surface area contributed by atoms with Crippen molar-refractivity contribution in [1.29, 1.82) is 0 Å². The first-order chi connectivity index (χ1) is 15.2. The second kappa shape index (κ2) is 8.41. The van der Waals surface area contributed by atoms with Crippen LogP contribution in [0.1, 0.15) is 66.1 Å². The molecular formula is C24H25N5O2. The number of rotatable bonds is 7. The van der Waals surface area contributed by atoms with Gasteiger partial charge in [-0.15, -0.1) is 5.10 Å². The smallest absolute Gasteiger partial charge is 0.224 e. The molecule has 0 unspecified atom stereocenters. The summed E-state index contributed by atoms with van der Waals surface area (Å²) in [6.45, 7) is 0. The van der Waals surface area contributed by atoms with Crippen LogP contribution in [0.2, 0.25) is 0 Å². The molecule has 7 nitrogen and oxygen atoms in total. The monoisotopic (exact) mass is 415 g/mol. The summed E-state index contributed by atoms with van der Waals surface area (Å²) in [6.07, 6.45) is 7.07. The Hall–Kier alpha value is -3.35. The zero-order valence-corrected chi connectivity index (χ0v) is 17.4. The summed E-state index contributed by atoms with van der Waals surface area (Å²) in [5.74, 6) is 0.548. The van der Waals surface area contributed by atoms with E-state index in [2.05, 4.69) is 26.9 Å². The summed E-state index contributed by atoms with van der Waals surface area (Å²) < 4.78 is 1.85. The van der Waals surface area contributed by atoms with E-state index in [1.807, 2.05) is 41.1 Å². The summed E-state index contributed by atoms with van der Waals surface area (Å²) in [6, 6.07) is 13.9. The molecule has 2 aliphatic carbocycles. The molecule has 0 spiro atoms. The van der Waals surface area contributed by atoms with Crippen molar-refractivity contribution in [2.24, 2.45) is 0 Å². The van der Waals surface area contributed by atoms with E-state index in [0.29, 0.717) is 23.1 Å². The Morgan fingerprint density at radius 3 is 2.68 bits per heavy atom. The van der Waals surface area contributed by atoms with Crippen molar-refractivity contribution in [3.63, 3.8) is 0 Å². The fourth-order valence-electron chi connectivity index (χ4n) is 4.19. The minimum Gasteiger partial charge on any atom is -0.326 e. The van der Waals surface area contributed by atoms with Gasteiger partial charge in [0.25, 0.3) is 0 Å². The minimum absolute atomic E-state index is 0.0147. The summed E-state index contributed by atoms with van der Waals surface area (Å²) in [4.78, 5) is 25.1. The molecule has 158 valence electrons. The fourth-order valence-corrected chi connectivity index (χ4v) is 4.19. The lowest BCUT2D eigenvalue weighted by Crippen LogP contribution is -2.14. The van der Waals surface area contributed by atoms with Gasteiger partial charge in [0.15, 0.2) is 11.6 Å². The van der Waals surface area contributed by atoms with Crippen molar-refractivity contribution < 1.29 is 9.59 Å². The molecule has 2 aliphatic rings. The number of benzene rings is 2. The first kappa shape index (κ1) is 19.6. The van der Waals surface area contributed by atoms with Crippen molar-refractivity contribution >= 4 is 17.4 Å². The topological polar surface area (TPSA) is 89.8 Å². The molecule has 0 aliphatic heterocycles. The quantitative estimate of drug-likeness (QED) is 0.586. The molecule has 0 bridgehead atoms. The van der Waals surface area contributed by atoms with E-state index >= 15 is 0 Å². The molecule has 3 aromatic rings. The molecule has 0 radical (unpaired) electrons. The molecule has 1 N–H and O–H groups in total. The average molecular weight is 415 g/mol. The molecule has 0 saturated heterocycles. The van der Waals surface area contributed by atoms with E-state index < -0.39 is 0 Å². The molecule has 1 fully saturated rings. The number of fused-ring (bicyclic) bond motifs is 1. The van der Waals surface area contributed by atoms with Gasteiger partial charge in [0.1, 0.15) is 0 Å². The highest BCUT2D eigenvalue weighted by Gasteiger charge is 2.28. The zero-order chi connectivity index (χ0) is 21.2. The number of hydrogen-bond acceptors (Lipinski definition) is 5. The average Bonchev–Trinajstić information content (AvgIpc) is 3.53. The first-order valence-corrected chi connectivity index (χ1v) is 11.0. The molecule has 5 rings (SSSR count). The van der Waals surface area contributed by atoms with Crippen LogP contribution in [0.5, 0.6) is 0 Å². The Morgan fingerprint density at radius 1 is 1.00 bits per heavy atom. The number of anilines is 1. The maximum atomic E-state index is 12.6. The number of amides is 1. The number of tetrazole rings is 1. The van der Waals surface area contributed by atoms with Gasteiger partial charge < -0.3 is 5.32 Å². The molecule has 1 saturated carbocycles. The van der Waals surface area contributed by atoms with E-state index in [1.165, 1.54) is 24.0 Å². The third-order valence-electron chi connectivity index (χ3n) is 6.04. The van der Waals surface area contributed by atoms with Gasteiger partial charge in [0.2, 0.25) is 5.91 Å². The SMILES string of the molecule is O=C(CCC(=O)c1ccc2c(c1)CCCC2)Nc1cccc(-c2nnnn2C2CC2)c1. The summed E-state index contributed by atoms with van der Waals surface area (Å²) in [5.41, 5.74) is 4.89. The van der Waals surface area contributed by atoms with E-state index in [-0.39, 0.29) is 24.5 Å². The fraction of sp³-hybridized carbons (Fsp3) is 0.375. The minimum atomic E-state index is -0.176. The number of nitrogens with zero attached hydrogens (tertiary/aromatic N) is 4. The lowest BCUT2D eigenvalue weighted by atomic mass is 9.89. The number of aryl methyl sites for hydroxylation is 2. The van der Waals surface area contributed by atoms with Crippen molar-refractivity contribution in [3.8, 4) is 11.4 Å². The van der Waals surface area contributed by atoms with Crippen LogP contribution in [-0.2, 0) is 17.6 Å². The Morgan fingerprint density at radius 2 is 1.84 bits per heavy atom. The van der Waals surface area contributed by atoms with Crippen LogP contribution in [0.4, 0.5) is 5.69 Å². The van der Waals surface area contributed by atoms with Gasteiger partial charge in [-0.05, 0) is 78.3 Å². The van der Waals surface area contributed by atoms with Crippen LogP contribution in [0.25, 0.3) is 11.4 Å². The highest BCUT2D eigenvalue weighted by atomic mass is 16.2. The largest absolute Gasteiger partial charge is 0.326 e. The standard InChI is InChI=1S/C24H25N5O2/c30-22(18-9-8-16-4-1-2-5-17(16)14-18)12-13-23(31)25-20-7-3-6-19(15-20)24-26-27-28-29(24)21-10-11-21/h3,6-9,14-15,21H,1-2,4-5,10-13H2,(H,25,31). The number of carbonyl (C=O) groups excluding carboxylic acids is 2. The van der Waals surface area contributed by atoms with Crippen LogP contribution in [-0.4, -0.2) is 31.9 Å². The second-order valence-corrected chi connectivity index (χ2v) is 8.42. The molecule has 1 aromatic heterocycles. The van der Waals surface area contributed by atoms with Crippen molar-refractivity contribution in [2.45, 2.75) is 57.4 Å². The van der Waals surface area contributed by atoms with Crippen molar-refractivity contribution in [2.75, 3.05) is 5.32 Å². The van der Waals surface area contributed by atoms with Gasteiger partial charge in [-0.25, -0.2) is 4.68 Å². The van der Waals surface area contributed by atoms with Crippen LogP contribution in [0.3, 0.4) is 0 Å². The second-order valence-electron chi connectivity index (χ2n) is 8.42. The van der Waals surface area contributed by atoms with E-state index in [9.17, 15) is 9.59 Å². The highest BCUT2D eigenvalue weighted by Crippen LogP contribution is 2.36. The number of ketones is 1. The number of aromatic nitrogens is 4. The Balaban J connectivity index is 1.20. The Bertz CT molecular complexity index is 1130. The zero-order valence-electron chi connectivity index (χ0n) is 17.4. The van der Waals surface area contributed by atoms with E-state index in [4.69, 9.17) is 0 Å². The lowest BCUT2D eigenvalue weighted by molar-refractivity contribution is -0.116. The van der Waals surface area contributed by atoms with E-state index in [0.717, 1.165) is 31.2 Å². The first-order valence-electron chi connectivity index (χ1n) is 11.0. The molecule has 31 heavy (non-hydrogen) atoms. The molecule has 1 amide bonds. The highest BCUT2D eigenvalue weighted by molar-refractivity contribution is 6.00. The Labute approximate surface area is 180 Å². The van der Waals surface area contributed by atoms with Crippen molar-refractivity contribution in [3.05, 3.63) is 59.2 Å².